The SMILES string of the molecule is CC(CNC1CC1)Oc1cncc(Cl)c1. The van der Waals surface area contributed by atoms with Gasteiger partial charge in [0.1, 0.15) is 11.9 Å². The Bertz CT molecular complexity index is 328. The lowest BCUT2D eigenvalue weighted by atomic mass is 10.4. The predicted molar refractivity (Wildman–Crippen MR) is 60.4 cm³/mol. The molecule has 1 aromatic rings. The molecule has 82 valence electrons. The van der Waals surface area contributed by atoms with Crippen LogP contribution in [0.5, 0.6) is 5.75 Å². The van der Waals surface area contributed by atoms with Crippen LogP contribution in [-0.2, 0) is 0 Å². The fourth-order valence-corrected chi connectivity index (χ4v) is 1.51. The Morgan fingerprint density at radius 2 is 2.40 bits per heavy atom. The second-order valence-corrected chi connectivity index (χ2v) is 4.39. The molecule has 1 atom stereocenters. The van der Waals surface area contributed by atoms with Gasteiger partial charge in [-0.05, 0) is 19.8 Å². The topological polar surface area (TPSA) is 34.1 Å². The van der Waals surface area contributed by atoms with Gasteiger partial charge in [-0.1, -0.05) is 11.6 Å². The molecule has 0 aromatic carbocycles. The maximum atomic E-state index is 5.81. The molecule has 1 N–H and O–H groups in total. The van der Waals surface area contributed by atoms with E-state index in [9.17, 15) is 0 Å². The summed E-state index contributed by atoms with van der Waals surface area (Å²) in [4.78, 5) is 3.97. The minimum absolute atomic E-state index is 0.144. The number of hydrogen-bond donors (Lipinski definition) is 1. The first-order valence-electron chi connectivity index (χ1n) is 5.24. The zero-order chi connectivity index (χ0) is 10.7. The number of aromatic nitrogens is 1. The molecular weight excluding hydrogens is 212 g/mol. The van der Waals surface area contributed by atoms with Crippen LogP contribution in [0.25, 0.3) is 0 Å². The first-order chi connectivity index (χ1) is 7.24. The highest BCUT2D eigenvalue weighted by Gasteiger charge is 2.21. The molecule has 15 heavy (non-hydrogen) atoms. The van der Waals surface area contributed by atoms with Gasteiger partial charge in [-0.25, -0.2) is 0 Å². The Balaban J connectivity index is 1.79. The van der Waals surface area contributed by atoms with Gasteiger partial charge in [-0.2, -0.15) is 0 Å². The van der Waals surface area contributed by atoms with E-state index < -0.39 is 0 Å². The van der Waals surface area contributed by atoms with Crippen molar-refractivity contribution >= 4 is 11.6 Å². The quantitative estimate of drug-likeness (QED) is 0.836. The molecule has 3 nitrogen and oxygen atoms in total. The van der Waals surface area contributed by atoms with Crippen LogP contribution in [0.1, 0.15) is 19.8 Å². The molecule has 1 fully saturated rings. The van der Waals surface area contributed by atoms with Gasteiger partial charge in [0, 0.05) is 24.8 Å². The number of halogens is 1. The molecular formula is C11H15ClN2O. The number of pyridine rings is 1. The van der Waals surface area contributed by atoms with E-state index >= 15 is 0 Å². The summed E-state index contributed by atoms with van der Waals surface area (Å²) in [6.45, 7) is 2.91. The fourth-order valence-electron chi connectivity index (χ4n) is 1.35. The standard InChI is InChI=1S/C11H15ClN2O/c1-8(5-14-10-2-3-10)15-11-4-9(12)6-13-7-11/h4,6-8,10,14H,2-3,5H2,1H3. The zero-order valence-corrected chi connectivity index (χ0v) is 9.50. The molecule has 0 bridgehead atoms. The van der Waals surface area contributed by atoms with Crippen molar-refractivity contribution in [1.82, 2.24) is 10.3 Å². The molecule has 0 aliphatic heterocycles. The van der Waals surface area contributed by atoms with Crippen molar-refractivity contribution in [3.05, 3.63) is 23.5 Å². The number of hydrogen-bond acceptors (Lipinski definition) is 3. The summed E-state index contributed by atoms with van der Waals surface area (Å²) < 4.78 is 5.66. The third-order valence-corrected chi connectivity index (χ3v) is 2.50. The number of nitrogens with zero attached hydrogens (tertiary/aromatic N) is 1. The van der Waals surface area contributed by atoms with Crippen molar-refractivity contribution in [2.45, 2.75) is 31.9 Å². The average Bonchev–Trinajstić information content (AvgIpc) is 2.98. The summed E-state index contributed by atoms with van der Waals surface area (Å²) in [6, 6.07) is 2.50. The van der Waals surface area contributed by atoms with E-state index in [0.717, 1.165) is 12.3 Å². The van der Waals surface area contributed by atoms with Crippen LogP contribution in [0.4, 0.5) is 0 Å². The van der Waals surface area contributed by atoms with Crippen molar-refractivity contribution in [1.29, 1.82) is 0 Å². The smallest absolute Gasteiger partial charge is 0.139 e. The molecule has 1 heterocycles. The highest BCUT2D eigenvalue weighted by atomic mass is 35.5. The lowest BCUT2D eigenvalue weighted by Gasteiger charge is -2.14. The van der Waals surface area contributed by atoms with Crippen LogP contribution in [0.3, 0.4) is 0 Å². The summed E-state index contributed by atoms with van der Waals surface area (Å²) in [6.07, 6.45) is 6.02. The molecule has 1 aliphatic rings. The van der Waals surface area contributed by atoms with E-state index in [0.29, 0.717) is 11.1 Å². The number of rotatable bonds is 5. The van der Waals surface area contributed by atoms with Crippen molar-refractivity contribution in [2.24, 2.45) is 0 Å². The lowest BCUT2D eigenvalue weighted by molar-refractivity contribution is 0.216. The molecule has 4 heteroatoms. The van der Waals surface area contributed by atoms with E-state index in [4.69, 9.17) is 16.3 Å². The fraction of sp³-hybridized carbons (Fsp3) is 0.545. The van der Waals surface area contributed by atoms with E-state index in [1.165, 1.54) is 12.8 Å². The molecule has 0 amide bonds. The van der Waals surface area contributed by atoms with Gasteiger partial charge in [0.25, 0.3) is 0 Å². The Kier molecular flexibility index (Phi) is 3.44. The maximum absolute atomic E-state index is 5.81. The highest BCUT2D eigenvalue weighted by Crippen LogP contribution is 2.19. The van der Waals surface area contributed by atoms with E-state index in [1.54, 1.807) is 18.5 Å². The van der Waals surface area contributed by atoms with E-state index in [2.05, 4.69) is 10.3 Å². The van der Waals surface area contributed by atoms with Crippen LogP contribution >= 0.6 is 11.6 Å². The molecule has 2 rings (SSSR count). The molecule has 0 spiro atoms. The minimum Gasteiger partial charge on any atom is -0.488 e. The number of nitrogens with one attached hydrogen (secondary N) is 1. The largest absolute Gasteiger partial charge is 0.488 e. The minimum atomic E-state index is 0.144. The van der Waals surface area contributed by atoms with Crippen LogP contribution in [0.2, 0.25) is 5.02 Å². The molecule has 0 radical (unpaired) electrons. The van der Waals surface area contributed by atoms with Gasteiger partial charge in [0.2, 0.25) is 0 Å². The van der Waals surface area contributed by atoms with Gasteiger partial charge in [0.15, 0.2) is 0 Å². The first kappa shape index (κ1) is 10.7. The normalized spacial score (nSPS) is 17.5. The highest BCUT2D eigenvalue weighted by molar-refractivity contribution is 6.30. The Morgan fingerprint density at radius 1 is 1.60 bits per heavy atom. The van der Waals surface area contributed by atoms with Crippen LogP contribution in [0.15, 0.2) is 18.5 Å². The summed E-state index contributed by atoms with van der Waals surface area (Å²) in [7, 11) is 0. The van der Waals surface area contributed by atoms with Crippen molar-refractivity contribution in [3.63, 3.8) is 0 Å². The Hall–Kier alpha value is -0.800. The van der Waals surface area contributed by atoms with Crippen molar-refractivity contribution in [3.8, 4) is 5.75 Å². The zero-order valence-electron chi connectivity index (χ0n) is 8.74. The Morgan fingerprint density at radius 3 is 3.07 bits per heavy atom. The molecule has 0 saturated heterocycles. The van der Waals surface area contributed by atoms with Gasteiger partial charge >= 0.3 is 0 Å². The van der Waals surface area contributed by atoms with Crippen LogP contribution in [0, 0.1) is 0 Å². The molecule has 1 unspecified atom stereocenters. The predicted octanol–water partition coefficient (Wildman–Crippen LogP) is 2.25. The number of ether oxygens (including phenoxy) is 1. The monoisotopic (exact) mass is 226 g/mol. The first-order valence-corrected chi connectivity index (χ1v) is 5.62. The molecule has 1 aromatic heterocycles. The third-order valence-electron chi connectivity index (χ3n) is 2.29. The Labute approximate surface area is 94.8 Å². The summed E-state index contributed by atoms with van der Waals surface area (Å²) in [5.41, 5.74) is 0. The van der Waals surface area contributed by atoms with Crippen molar-refractivity contribution < 1.29 is 4.74 Å². The third kappa shape index (κ3) is 3.68. The molecule has 1 aliphatic carbocycles. The van der Waals surface area contributed by atoms with Crippen molar-refractivity contribution in [2.75, 3.05) is 6.54 Å². The van der Waals surface area contributed by atoms with Gasteiger partial charge in [0.05, 0.1) is 11.2 Å². The average molecular weight is 227 g/mol. The lowest BCUT2D eigenvalue weighted by Crippen LogP contribution is -2.30. The van der Waals surface area contributed by atoms with Gasteiger partial charge in [-0.15, -0.1) is 0 Å². The summed E-state index contributed by atoms with van der Waals surface area (Å²) >= 11 is 5.81. The van der Waals surface area contributed by atoms with Gasteiger partial charge < -0.3 is 10.1 Å². The second kappa shape index (κ2) is 4.81. The summed E-state index contributed by atoms with van der Waals surface area (Å²) in [5, 5.41) is 4.02. The summed E-state index contributed by atoms with van der Waals surface area (Å²) in [5.74, 6) is 0.729. The molecule has 1 saturated carbocycles. The van der Waals surface area contributed by atoms with Crippen LogP contribution in [-0.4, -0.2) is 23.7 Å². The van der Waals surface area contributed by atoms with Crippen LogP contribution < -0.4 is 10.1 Å². The maximum Gasteiger partial charge on any atom is 0.139 e. The van der Waals surface area contributed by atoms with E-state index in [-0.39, 0.29) is 6.10 Å². The van der Waals surface area contributed by atoms with E-state index in [1.807, 2.05) is 6.92 Å². The van der Waals surface area contributed by atoms with Gasteiger partial charge in [-0.3, -0.25) is 4.98 Å². The second-order valence-electron chi connectivity index (χ2n) is 3.95.